The molecule has 0 saturated carbocycles. The van der Waals surface area contributed by atoms with Gasteiger partial charge in [-0.1, -0.05) is 12.2 Å². The Kier molecular flexibility index (Phi) is 4.39. The van der Waals surface area contributed by atoms with Crippen LogP contribution in [-0.2, 0) is 17.1 Å². The zero-order valence-corrected chi connectivity index (χ0v) is 14.1. The highest BCUT2D eigenvalue weighted by Gasteiger charge is 2.36. The Morgan fingerprint density at radius 1 is 1.33 bits per heavy atom. The van der Waals surface area contributed by atoms with Crippen molar-refractivity contribution < 1.29 is 8.42 Å². The van der Waals surface area contributed by atoms with Gasteiger partial charge in [0.2, 0.25) is 0 Å². The lowest BCUT2D eigenvalue weighted by atomic mass is 10.0. The van der Waals surface area contributed by atoms with Crippen LogP contribution in [0.2, 0.25) is 0 Å². The van der Waals surface area contributed by atoms with Gasteiger partial charge in [-0.05, 0) is 13.8 Å². The van der Waals surface area contributed by atoms with Crippen molar-refractivity contribution in [2.75, 3.05) is 26.2 Å². The first-order valence-electron chi connectivity index (χ1n) is 6.69. The van der Waals surface area contributed by atoms with E-state index in [1.807, 2.05) is 13.8 Å². The number of hydrogen-bond acceptors (Lipinski definition) is 5. The Bertz CT molecular complexity index is 630. The molecule has 1 aliphatic rings. The van der Waals surface area contributed by atoms with Gasteiger partial charge in [-0.15, -0.1) is 0 Å². The number of sulfonamides is 1. The summed E-state index contributed by atoms with van der Waals surface area (Å²) in [4.78, 5) is 6.47. The summed E-state index contributed by atoms with van der Waals surface area (Å²) in [6.45, 7) is 5.92. The lowest BCUT2D eigenvalue weighted by Crippen LogP contribution is -2.59. The Morgan fingerprint density at radius 2 is 1.90 bits per heavy atom. The Morgan fingerprint density at radius 3 is 2.33 bits per heavy atom. The van der Waals surface area contributed by atoms with E-state index in [9.17, 15) is 8.42 Å². The first-order chi connectivity index (χ1) is 9.65. The fourth-order valence-corrected chi connectivity index (χ4v) is 3.82. The minimum Gasteiger partial charge on any atom is -0.392 e. The lowest BCUT2D eigenvalue weighted by molar-refractivity contribution is 0.123. The van der Waals surface area contributed by atoms with Crippen molar-refractivity contribution in [3.63, 3.8) is 0 Å². The average molecular weight is 331 g/mol. The molecule has 2 rings (SSSR count). The number of nitrogens with zero attached hydrogens (tertiary/aromatic N) is 4. The van der Waals surface area contributed by atoms with Crippen molar-refractivity contribution in [3.8, 4) is 0 Å². The van der Waals surface area contributed by atoms with Crippen LogP contribution in [0.3, 0.4) is 0 Å². The average Bonchev–Trinajstić information content (AvgIpc) is 2.86. The molecule has 1 aliphatic heterocycles. The van der Waals surface area contributed by atoms with Crippen molar-refractivity contribution in [2.24, 2.45) is 12.8 Å². The van der Waals surface area contributed by atoms with Crippen LogP contribution in [0.5, 0.6) is 0 Å². The number of thiocarbonyl (C=S) groups is 1. The van der Waals surface area contributed by atoms with E-state index in [0.29, 0.717) is 31.2 Å². The Hall–Kier alpha value is -1.03. The minimum absolute atomic E-state index is 0.0899. The van der Waals surface area contributed by atoms with Crippen LogP contribution in [0.4, 0.5) is 0 Å². The van der Waals surface area contributed by atoms with E-state index in [1.165, 1.54) is 16.8 Å². The third-order valence-electron chi connectivity index (χ3n) is 3.92. The van der Waals surface area contributed by atoms with E-state index in [2.05, 4.69) is 9.88 Å². The molecule has 0 atom stereocenters. The zero-order chi connectivity index (χ0) is 15.8. The number of rotatable bonds is 4. The monoisotopic (exact) mass is 331 g/mol. The van der Waals surface area contributed by atoms with Gasteiger partial charge in [-0.25, -0.2) is 13.4 Å². The smallest absolute Gasteiger partial charge is 0.262 e. The molecule has 1 aromatic heterocycles. The summed E-state index contributed by atoms with van der Waals surface area (Å²) in [5.41, 5.74) is 5.35. The second kappa shape index (κ2) is 5.64. The quantitative estimate of drug-likeness (QED) is 0.769. The molecule has 0 unspecified atom stereocenters. The highest BCUT2D eigenvalue weighted by atomic mass is 32.2. The van der Waals surface area contributed by atoms with E-state index >= 15 is 0 Å². The van der Waals surface area contributed by atoms with E-state index in [-0.39, 0.29) is 5.03 Å². The van der Waals surface area contributed by atoms with E-state index in [0.717, 1.165) is 0 Å². The van der Waals surface area contributed by atoms with Crippen LogP contribution < -0.4 is 5.73 Å². The summed E-state index contributed by atoms with van der Waals surface area (Å²) in [7, 11) is -1.78. The van der Waals surface area contributed by atoms with E-state index in [4.69, 9.17) is 18.0 Å². The van der Waals surface area contributed by atoms with Crippen LogP contribution in [0.15, 0.2) is 17.6 Å². The first-order valence-corrected chi connectivity index (χ1v) is 8.53. The third-order valence-corrected chi connectivity index (χ3v) is 6.20. The van der Waals surface area contributed by atoms with Gasteiger partial charge >= 0.3 is 0 Å². The Balaban J connectivity index is 2.09. The third kappa shape index (κ3) is 3.10. The van der Waals surface area contributed by atoms with Gasteiger partial charge in [0, 0.05) is 39.4 Å². The van der Waals surface area contributed by atoms with Gasteiger partial charge < -0.3 is 10.3 Å². The predicted molar refractivity (Wildman–Crippen MR) is 84.4 cm³/mol. The van der Waals surface area contributed by atoms with Gasteiger partial charge in [0.15, 0.2) is 5.03 Å². The van der Waals surface area contributed by atoms with Gasteiger partial charge in [0.1, 0.15) is 0 Å². The number of aromatic nitrogens is 2. The molecule has 9 heteroatoms. The molecule has 1 saturated heterocycles. The molecule has 0 radical (unpaired) electrons. The molecule has 2 N–H and O–H groups in total. The van der Waals surface area contributed by atoms with Crippen molar-refractivity contribution in [3.05, 3.63) is 12.5 Å². The molecule has 118 valence electrons. The van der Waals surface area contributed by atoms with Crippen LogP contribution in [0.1, 0.15) is 13.8 Å². The normalized spacial score (nSPS) is 18.8. The summed E-state index contributed by atoms with van der Waals surface area (Å²) >= 11 is 5.09. The van der Waals surface area contributed by atoms with Crippen LogP contribution in [0, 0.1) is 0 Å². The molecule has 0 amide bonds. The number of aryl methyl sites for hydroxylation is 1. The lowest BCUT2D eigenvalue weighted by Gasteiger charge is -2.42. The predicted octanol–water partition coefficient (Wildman–Crippen LogP) is -0.209. The number of hydrogen-bond donors (Lipinski definition) is 1. The molecule has 1 fully saturated rings. The fourth-order valence-electron chi connectivity index (χ4n) is 2.30. The summed E-state index contributed by atoms with van der Waals surface area (Å²) < 4.78 is 28.0. The standard InChI is InChI=1S/C12H21N5O2S2/c1-12(2,11(13)20)16-4-6-17(7-5-16)21(18,19)10-8-15(3)9-14-10/h8-9H,4-7H2,1-3H3,(H2,13,20). The summed E-state index contributed by atoms with van der Waals surface area (Å²) in [5.74, 6) is 0. The molecule has 21 heavy (non-hydrogen) atoms. The zero-order valence-electron chi connectivity index (χ0n) is 12.5. The van der Waals surface area contributed by atoms with Gasteiger partial charge in [-0.2, -0.15) is 4.31 Å². The summed E-state index contributed by atoms with van der Waals surface area (Å²) in [5, 5.41) is 0.0899. The maximum Gasteiger partial charge on any atom is 0.262 e. The second-order valence-corrected chi connectivity index (χ2v) is 8.02. The number of imidazole rings is 1. The molecular formula is C12H21N5O2S2. The van der Waals surface area contributed by atoms with Gasteiger partial charge in [0.05, 0.1) is 16.9 Å². The minimum atomic E-state index is -3.52. The highest BCUT2D eigenvalue weighted by Crippen LogP contribution is 2.21. The van der Waals surface area contributed by atoms with Crippen molar-refractivity contribution >= 4 is 27.2 Å². The van der Waals surface area contributed by atoms with Crippen molar-refractivity contribution in [2.45, 2.75) is 24.4 Å². The molecule has 0 bridgehead atoms. The Labute approximate surface area is 130 Å². The highest BCUT2D eigenvalue weighted by molar-refractivity contribution is 7.89. The van der Waals surface area contributed by atoms with Gasteiger partial charge in [0.25, 0.3) is 10.0 Å². The van der Waals surface area contributed by atoms with Crippen LogP contribution >= 0.6 is 12.2 Å². The molecule has 0 aromatic carbocycles. The molecular weight excluding hydrogens is 310 g/mol. The topological polar surface area (TPSA) is 84.5 Å². The van der Waals surface area contributed by atoms with Gasteiger partial charge in [-0.3, -0.25) is 4.90 Å². The van der Waals surface area contributed by atoms with E-state index in [1.54, 1.807) is 11.6 Å². The largest absolute Gasteiger partial charge is 0.392 e. The second-order valence-electron chi connectivity index (χ2n) is 5.69. The number of nitrogens with two attached hydrogens (primary N) is 1. The molecule has 7 nitrogen and oxygen atoms in total. The molecule has 1 aromatic rings. The maximum atomic E-state index is 12.5. The molecule has 0 aliphatic carbocycles. The molecule has 2 heterocycles. The molecule has 0 spiro atoms. The fraction of sp³-hybridized carbons (Fsp3) is 0.667. The summed E-state index contributed by atoms with van der Waals surface area (Å²) in [6, 6.07) is 0. The summed E-state index contributed by atoms with van der Waals surface area (Å²) in [6.07, 6.45) is 3.00. The van der Waals surface area contributed by atoms with Crippen LogP contribution in [-0.4, -0.2) is 63.9 Å². The van der Waals surface area contributed by atoms with Crippen molar-refractivity contribution in [1.29, 1.82) is 0 Å². The maximum absolute atomic E-state index is 12.5. The number of piperazine rings is 1. The first kappa shape index (κ1) is 16.3. The van der Waals surface area contributed by atoms with Crippen molar-refractivity contribution in [1.82, 2.24) is 18.8 Å². The van der Waals surface area contributed by atoms with E-state index < -0.39 is 15.6 Å². The van der Waals surface area contributed by atoms with Crippen LogP contribution in [0.25, 0.3) is 0 Å². The SMILES string of the molecule is Cn1cnc(S(=O)(=O)N2CCN(C(C)(C)C(N)=S)CC2)c1.